The fraction of sp³-hybridized carbons (Fsp3) is 0.381. The van der Waals surface area contributed by atoms with Crippen molar-refractivity contribution >= 4 is 16.0 Å². The predicted octanol–water partition coefficient (Wildman–Crippen LogP) is 2.22. The van der Waals surface area contributed by atoms with E-state index in [4.69, 9.17) is 9.47 Å². The normalized spacial score (nSPS) is 16.3. The van der Waals surface area contributed by atoms with Gasteiger partial charge in [-0.2, -0.15) is 0 Å². The summed E-state index contributed by atoms with van der Waals surface area (Å²) in [5.74, 6) is -0.473. The maximum Gasteiger partial charge on any atom is 0.338 e. The third-order valence-electron chi connectivity index (χ3n) is 4.72. The van der Waals surface area contributed by atoms with Crippen molar-refractivity contribution in [2.45, 2.75) is 17.9 Å². The van der Waals surface area contributed by atoms with Gasteiger partial charge in [0.25, 0.3) is 0 Å². The maximum absolute atomic E-state index is 13.0. The summed E-state index contributed by atoms with van der Waals surface area (Å²) < 4.78 is 39.1. The van der Waals surface area contributed by atoms with E-state index in [0.29, 0.717) is 25.3 Å². The molecule has 2 aromatic rings. The Kier molecular flexibility index (Phi) is 7.38. The van der Waals surface area contributed by atoms with E-state index in [-0.39, 0.29) is 11.5 Å². The van der Waals surface area contributed by atoms with E-state index < -0.39 is 22.0 Å². The summed E-state index contributed by atoms with van der Waals surface area (Å²) in [4.78, 5) is 14.1. The highest BCUT2D eigenvalue weighted by Crippen LogP contribution is 2.20. The van der Waals surface area contributed by atoms with Crippen LogP contribution in [0, 0.1) is 0 Å². The first-order valence-corrected chi connectivity index (χ1v) is 11.1. The fourth-order valence-electron chi connectivity index (χ4n) is 3.18. The maximum atomic E-state index is 13.0. The summed E-state index contributed by atoms with van der Waals surface area (Å²) in [6, 6.07) is 14.9. The molecule has 1 heterocycles. The van der Waals surface area contributed by atoms with E-state index in [9.17, 15) is 13.2 Å². The van der Waals surface area contributed by atoms with Crippen LogP contribution in [0.3, 0.4) is 0 Å². The van der Waals surface area contributed by atoms with Gasteiger partial charge in [0.15, 0.2) is 0 Å². The number of sulfonamides is 1. The van der Waals surface area contributed by atoms with Crippen LogP contribution in [0.2, 0.25) is 0 Å². The first-order chi connectivity index (χ1) is 14.0. The zero-order valence-electron chi connectivity index (χ0n) is 16.4. The van der Waals surface area contributed by atoms with E-state index >= 15 is 0 Å². The molecular formula is C21H26N2O5S. The average Bonchev–Trinajstić information content (AvgIpc) is 2.75. The molecule has 0 amide bonds. The monoisotopic (exact) mass is 418 g/mol. The number of ether oxygens (including phenoxy) is 2. The van der Waals surface area contributed by atoms with Crippen molar-refractivity contribution in [2.24, 2.45) is 0 Å². The first kappa shape index (κ1) is 21.4. The van der Waals surface area contributed by atoms with Gasteiger partial charge in [0.2, 0.25) is 10.0 Å². The molecule has 1 saturated heterocycles. The molecule has 0 spiro atoms. The quantitative estimate of drug-likeness (QED) is 0.662. The van der Waals surface area contributed by atoms with Crippen LogP contribution in [-0.2, 0) is 19.5 Å². The van der Waals surface area contributed by atoms with Crippen molar-refractivity contribution in [3.63, 3.8) is 0 Å². The van der Waals surface area contributed by atoms with E-state index in [1.54, 1.807) is 6.92 Å². The first-order valence-electron chi connectivity index (χ1n) is 9.64. The van der Waals surface area contributed by atoms with Gasteiger partial charge in [0.05, 0.1) is 36.3 Å². The minimum atomic E-state index is -3.77. The zero-order chi connectivity index (χ0) is 20.7. The summed E-state index contributed by atoms with van der Waals surface area (Å²) in [6.07, 6.45) is 0. The molecule has 1 aliphatic heterocycles. The van der Waals surface area contributed by atoms with Crippen LogP contribution in [0.4, 0.5) is 0 Å². The number of rotatable bonds is 8. The van der Waals surface area contributed by atoms with Gasteiger partial charge in [-0.05, 0) is 36.8 Å². The van der Waals surface area contributed by atoms with Gasteiger partial charge < -0.3 is 9.47 Å². The Balaban J connectivity index is 1.78. The Morgan fingerprint density at radius 3 is 2.38 bits per heavy atom. The number of esters is 1. The predicted molar refractivity (Wildman–Crippen MR) is 109 cm³/mol. The number of morpholine rings is 1. The van der Waals surface area contributed by atoms with Crippen molar-refractivity contribution in [1.29, 1.82) is 0 Å². The number of nitrogens with zero attached hydrogens (tertiary/aromatic N) is 1. The van der Waals surface area contributed by atoms with Gasteiger partial charge in [0, 0.05) is 19.6 Å². The summed E-state index contributed by atoms with van der Waals surface area (Å²) in [6.45, 7) is 5.35. The van der Waals surface area contributed by atoms with Crippen LogP contribution < -0.4 is 4.72 Å². The second kappa shape index (κ2) is 9.98. The molecule has 0 radical (unpaired) electrons. The largest absolute Gasteiger partial charge is 0.462 e. The highest BCUT2D eigenvalue weighted by molar-refractivity contribution is 7.89. The number of hydrogen-bond acceptors (Lipinski definition) is 6. The smallest absolute Gasteiger partial charge is 0.338 e. The van der Waals surface area contributed by atoms with Crippen molar-refractivity contribution in [2.75, 3.05) is 39.5 Å². The van der Waals surface area contributed by atoms with E-state index in [0.717, 1.165) is 18.7 Å². The van der Waals surface area contributed by atoms with Crippen LogP contribution in [0.1, 0.15) is 28.9 Å². The number of carbonyl (C=O) groups is 1. The summed E-state index contributed by atoms with van der Waals surface area (Å²) in [5, 5.41) is 0. The number of carbonyl (C=O) groups excluding carboxylic acids is 1. The molecule has 0 unspecified atom stereocenters. The molecule has 1 aliphatic rings. The Hall–Kier alpha value is -2.26. The lowest BCUT2D eigenvalue weighted by atomic mass is 10.1. The van der Waals surface area contributed by atoms with Crippen molar-refractivity contribution in [3.8, 4) is 0 Å². The Morgan fingerprint density at radius 2 is 1.76 bits per heavy atom. The van der Waals surface area contributed by atoms with E-state index in [2.05, 4.69) is 9.62 Å². The number of nitrogens with one attached hydrogen (secondary N) is 1. The molecule has 0 aromatic heterocycles. The molecule has 1 atom stereocenters. The second-order valence-electron chi connectivity index (χ2n) is 6.74. The van der Waals surface area contributed by atoms with Gasteiger partial charge in [-0.1, -0.05) is 30.3 Å². The van der Waals surface area contributed by atoms with Crippen LogP contribution in [-0.4, -0.2) is 58.7 Å². The van der Waals surface area contributed by atoms with Crippen molar-refractivity contribution in [1.82, 2.24) is 9.62 Å². The third kappa shape index (κ3) is 5.86. The standard InChI is InChI=1S/C21H26N2O5S/c1-2-28-21(24)18-8-10-19(11-9-18)29(25,26)22-20(17-6-4-3-5-7-17)16-23-12-14-27-15-13-23/h3-11,20,22H,2,12-16H2,1H3/t20-/m0/s1. The molecule has 1 N–H and O–H groups in total. The highest BCUT2D eigenvalue weighted by Gasteiger charge is 2.24. The van der Waals surface area contributed by atoms with Crippen LogP contribution in [0.5, 0.6) is 0 Å². The molecule has 8 heteroatoms. The van der Waals surface area contributed by atoms with Crippen molar-refractivity contribution in [3.05, 3.63) is 65.7 Å². The fourth-order valence-corrected chi connectivity index (χ4v) is 4.39. The minimum absolute atomic E-state index is 0.105. The van der Waals surface area contributed by atoms with E-state index in [1.807, 2.05) is 30.3 Å². The number of benzene rings is 2. The van der Waals surface area contributed by atoms with Gasteiger partial charge in [-0.15, -0.1) is 0 Å². The second-order valence-corrected chi connectivity index (χ2v) is 8.46. The molecule has 156 valence electrons. The molecule has 0 saturated carbocycles. The summed E-state index contributed by atoms with van der Waals surface area (Å²) >= 11 is 0. The lowest BCUT2D eigenvalue weighted by molar-refractivity contribution is 0.0345. The van der Waals surface area contributed by atoms with Gasteiger partial charge >= 0.3 is 5.97 Å². The van der Waals surface area contributed by atoms with Crippen LogP contribution in [0.25, 0.3) is 0 Å². The lowest BCUT2D eigenvalue weighted by Gasteiger charge is -2.31. The topological polar surface area (TPSA) is 84.9 Å². The van der Waals surface area contributed by atoms with Gasteiger partial charge in [-0.25, -0.2) is 17.9 Å². The average molecular weight is 419 g/mol. The van der Waals surface area contributed by atoms with Crippen LogP contribution >= 0.6 is 0 Å². The van der Waals surface area contributed by atoms with Crippen molar-refractivity contribution < 1.29 is 22.7 Å². The lowest BCUT2D eigenvalue weighted by Crippen LogP contribution is -2.43. The Labute approximate surface area is 171 Å². The minimum Gasteiger partial charge on any atom is -0.462 e. The molecule has 3 rings (SSSR count). The molecule has 0 bridgehead atoms. The molecule has 2 aromatic carbocycles. The van der Waals surface area contributed by atoms with Gasteiger partial charge in [-0.3, -0.25) is 4.90 Å². The molecule has 0 aliphatic carbocycles. The number of hydrogen-bond donors (Lipinski definition) is 1. The molecule has 1 fully saturated rings. The third-order valence-corrected chi connectivity index (χ3v) is 6.21. The molecular weight excluding hydrogens is 392 g/mol. The summed E-state index contributed by atoms with van der Waals surface area (Å²) in [7, 11) is -3.77. The highest BCUT2D eigenvalue weighted by atomic mass is 32.2. The summed E-state index contributed by atoms with van der Waals surface area (Å²) in [5.41, 5.74) is 1.21. The SMILES string of the molecule is CCOC(=O)c1ccc(S(=O)(=O)N[C@@H](CN2CCOCC2)c2ccccc2)cc1. The van der Waals surface area contributed by atoms with E-state index in [1.165, 1.54) is 24.3 Å². The zero-order valence-corrected chi connectivity index (χ0v) is 17.2. The van der Waals surface area contributed by atoms with Gasteiger partial charge in [0.1, 0.15) is 0 Å². The Morgan fingerprint density at radius 1 is 1.10 bits per heavy atom. The molecule has 7 nitrogen and oxygen atoms in total. The molecule has 29 heavy (non-hydrogen) atoms. The Bertz CT molecular complexity index is 894. The van der Waals surface area contributed by atoms with Crippen LogP contribution in [0.15, 0.2) is 59.5 Å².